The fraction of sp³-hybridized carbons (Fsp3) is 0.290. The van der Waals surface area contributed by atoms with Crippen molar-refractivity contribution in [3.8, 4) is 16.8 Å². The molecule has 0 aliphatic heterocycles. The molecule has 2 bridgehead atoms. The normalized spacial score (nSPS) is 23.7. The van der Waals surface area contributed by atoms with Gasteiger partial charge in [-0.2, -0.15) is 0 Å². The van der Waals surface area contributed by atoms with Gasteiger partial charge in [-0.25, -0.2) is 4.98 Å². The molecule has 0 unspecified atom stereocenters. The minimum Gasteiger partial charge on any atom is -0.349 e. The Morgan fingerprint density at radius 2 is 1.73 bits per heavy atom. The molecule has 2 heterocycles. The van der Waals surface area contributed by atoms with E-state index in [4.69, 9.17) is 0 Å². The average Bonchev–Trinajstić information content (AvgIpc) is 3.67. The molecule has 2 aromatic heterocycles. The number of hydrogen-bond acceptors (Lipinski definition) is 4. The quantitative estimate of drug-likeness (QED) is 0.415. The Morgan fingerprint density at radius 1 is 0.973 bits per heavy atom. The highest BCUT2D eigenvalue weighted by molar-refractivity contribution is 5.97. The number of hydrogen-bond donors (Lipinski definition) is 1. The number of fused-ring (bicyclic) bond motifs is 1. The maximum Gasteiger partial charge on any atom is 0.257 e. The summed E-state index contributed by atoms with van der Waals surface area (Å²) in [5.41, 5.74) is 4.75. The predicted molar refractivity (Wildman–Crippen MR) is 142 cm³/mol. The molecule has 8 rings (SSSR count). The van der Waals surface area contributed by atoms with Crippen molar-refractivity contribution in [2.24, 2.45) is 5.41 Å². The Hall–Kier alpha value is -4.06. The minimum absolute atomic E-state index is 0.0465. The molecular formula is C31H27N3O3. The fourth-order valence-corrected chi connectivity index (χ4v) is 6.33. The second-order valence-electron chi connectivity index (χ2n) is 11.1. The molecule has 37 heavy (non-hydrogen) atoms. The van der Waals surface area contributed by atoms with Crippen molar-refractivity contribution in [1.82, 2.24) is 14.9 Å². The first-order valence-electron chi connectivity index (χ1n) is 12.9. The van der Waals surface area contributed by atoms with Crippen LogP contribution < -0.4 is 10.7 Å². The molecule has 0 atom stereocenters. The Kier molecular flexibility index (Phi) is 4.62. The second-order valence-corrected chi connectivity index (χ2v) is 11.1. The van der Waals surface area contributed by atoms with Gasteiger partial charge in [0.2, 0.25) is 5.43 Å². The lowest BCUT2D eigenvalue weighted by atomic mass is 9.32. The van der Waals surface area contributed by atoms with Crippen molar-refractivity contribution in [3.63, 3.8) is 0 Å². The van der Waals surface area contributed by atoms with Crippen LogP contribution in [0, 0.1) is 5.41 Å². The van der Waals surface area contributed by atoms with Gasteiger partial charge in [0.05, 0.1) is 5.39 Å². The number of carbonyl (C=O) groups excluding carboxylic acids is 2. The van der Waals surface area contributed by atoms with Crippen LogP contribution in [0.3, 0.4) is 0 Å². The van der Waals surface area contributed by atoms with Crippen LogP contribution in [0.25, 0.3) is 27.8 Å². The summed E-state index contributed by atoms with van der Waals surface area (Å²) in [6.45, 7) is 1.73. The lowest BCUT2D eigenvalue weighted by Gasteiger charge is -2.70. The molecular weight excluding hydrogens is 462 g/mol. The minimum atomic E-state index is -0.334. The Morgan fingerprint density at radius 3 is 2.43 bits per heavy atom. The zero-order valence-electron chi connectivity index (χ0n) is 20.7. The van der Waals surface area contributed by atoms with E-state index < -0.39 is 0 Å². The van der Waals surface area contributed by atoms with Crippen LogP contribution in [-0.4, -0.2) is 27.3 Å². The number of nitrogens with one attached hydrogen (secondary N) is 1. The highest BCUT2D eigenvalue weighted by Gasteiger charge is 2.70. The number of Topliss-reactive ketones (excluding diaryl/α,β-unsaturated/α-hetero) is 1. The van der Waals surface area contributed by atoms with Crippen LogP contribution in [0.4, 0.5) is 0 Å². The summed E-state index contributed by atoms with van der Waals surface area (Å²) >= 11 is 0. The van der Waals surface area contributed by atoms with Gasteiger partial charge in [0, 0.05) is 29.5 Å². The molecule has 2 aromatic carbocycles. The SMILES string of the molecule is CC(=O)C12CC(c3ccc(-c4cccc(-n5cc(C(=O)NC6CC6)c(=O)c6cccnc65)c4)cc3)(C1)C2. The number of benzene rings is 2. The van der Waals surface area contributed by atoms with Crippen molar-refractivity contribution in [2.45, 2.75) is 50.5 Å². The summed E-state index contributed by atoms with van der Waals surface area (Å²) in [7, 11) is 0. The lowest BCUT2D eigenvalue weighted by molar-refractivity contribution is -0.171. The van der Waals surface area contributed by atoms with Crippen molar-refractivity contribution >= 4 is 22.7 Å². The molecule has 4 saturated carbocycles. The van der Waals surface area contributed by atoms with Crippen LogP contribution in [0.1, 0.15) is 54.9 Å². The zero-order chi connectivity index (χ0) is 25.4. The molecule has 4 fully saturated rings. The molecule has 4 aromatic rings. The summed E-state index contributed by atoms with van der Waals surface area (Å²) in [6.07, 6.45) is 8.12. The summed E-state index contributed by atoms with van der Waals surface area (Å²) in [6, 6.07) is 20.3. The third kappa shape index (κ3) is 3.39. The lowest BCUT2D eigenvalue weighted by Crippen LogP contribution is -2.67. The number of amides is 1. The van der Waals surface area contributed by atoms with E-state index in [1.165, 1.54) is 5.56 Å². The van der Waals surface area contributed by atoms with Crippen molar-refractivity contribution in [2.75, 3.05) is 0 Å². The smallest absolute Gasteiger partial charge is 0.257 e. The van der Waals surface area contributed by atoms with Gasteiger partial charge >= 0.3 is 0 Å². The van der Waals surface area contributed by atoms with Gasteiger partial charge in [0.25, 0.3) is 5.91 Å². The van der Waals surface area contributed by atoms with Gasteiger partial charge in [0.1, 0.15) is 17.0 Å². The zero-order valence-corrected chi connectivity index (χ0v) is 20.7. The number of rotatable bonds is 6. The van der Waals surface area contributed by atoms with E-state index in [1.807, 2.05) is 16.7 Å². The first-order chi connectivity index (χ1) is 17.9. The predicted octanol–water partition coefficient (Wildman–Crippen LogP) is 4.96. The van der Waals surface area contributed by atoms with Gasteiger partial charge in [-0.1, -0.05) is 36.4 Å². The van der Waals surface area contributed by atoms with Crippen LogP contribution in [0.15, 0.2) is 77.9 Å². The van der Waals surface area contributed by atoms with Gasteiger partial charge in [-0.05, 0) is 85.4 Å². The van der Waals surface area contributed by atoms with E-state index in [2.05, 4.69) is 46.7 Å². The monoisotopic (exact) mass is 489 g/mol. The Bertz CT molecular complexity index is 1640. The van der Waals surface area contributed by atoms with Gasteiger partial charge in [-0.15, -0.1) is 0 Å². The molecule has 4 aliphatic rings. The maximum atomic E-state index is 13.1. The third-order valence-corrected chi connectivity index (χ3v) is 8.65. The molecule has 4 aliphatic carbocycles. The van der Waals surface area contributed by atoms with E-state index in [1.54, 1.807) is 31.5 Å². The van der Waals surface area contributed by atoms with E-state index in [0.717, 1.165) is 48.9 Å². The molecule has 1 amide bonds. The second kappa shape index (κ2) is 7.72. The van der Waals surface area contributed by atoms with Crippen molar-refractivity contribution in [3.05, 3.63) is 94.4 Å². The first-order valence-corrected chi connectivity index (χ1v) is 12.9. The number of pyridine rings is 2. The average molecular weight is 490 g/mol. The summed E-state index contributed by atoms with van der Waals surface area (Å²) in [5.74, 6) is -0.000541. The van der Waals surface area contributed by atoms with Gasteiger partial charge < -0.3 is 9.88 Å². The van der Waals surface area contributed by atoms with Crippen LogP contribution in [0.2, 0.25) is 0 Å². The highest BCUT2D eigenvalue weighted by atomic mass is 16.2. The summed E-state index contributed by atoms with van der Waals surface area (Å²) < 4.78 is 1.83. The standard InChI is InChI=1S/C31H27N3O3/c1-19(35)30-16-31(17-30,18-30)22-9-7-20(8-10-22)21-4-2-5-24(14-21)34-15-26(29(37)33-23-11-12-23)27(36)25-6-3-13-32-28(25)34/h2-10,13-15,23H,11-12,16-18H2,1H3,(H,33,37). The fourth-order valence-electron chi connectivity index (χ4n) is 6.33. The molecule has 0 radical (unpaired) electrons. The summed E-state index contributed by atoms with van der Waals surface area (Å²) in [4.78, 5) is 42.4. The number of aromatic nitrogens is 2. The van der Waals surface area contributed by atoms with Crippen molar-refractivity contribution in [1.29, 1.82) is 0 Å². The molecule has 0 saturated heterocycles. The van der Waals surface area contributed by atoms with E-state index in [-0.39, 0.29) is 33.8 Å². The first kappa shape index (κ1) is 22.2. The molecule has 184 valence electrons. The van der Waals surface area contributed by atoms with Crippen LogP contribution in [-0.2, 0) is 10.2 Å². The molecule has 6 nitrogen and oxygen atoms in total. The molecule has 6 heteroatoms. The molecule has 1 N–H and O–H groups in total. The van der Waals surface area contributed by atoms with Crippen LogP contribution in [0.5, 0.6) is 0 Å². The third-order valence-electron chi connectivity index (χ3n) is 8.65. The van der Waals surface area contributed by atoms with E-state index >= 15 is 0 Å². The Labute approximate surface area is 214 Å². The molecule has 0 spiro atoms. The number of carbonyl (C=O) groups is 2. The highest BCUT2D eigenvalue weighted by Crippen LogP contribution is 2.73. The topological polar surface area (TPSA) is 81.1 Å². The van der Waals surface area contributed by atoms with Gasteiger partial charge in [-0.3, -0.25) is 14.4 Å². The number of ketones is 1. The van der Waals surface area contributed by atoms with Crippen LogP contribution >= 0.6 is 0 Å². The maximum absolute atomic E-state index is 13.1. The largest absolute Gasteiger partial charge is 0.349 e. The summed E-state index contributed by atoms with van der Waals surface area (Å²) in [5, 5.41) is 3.36. The van der Waals surface area contributed by atoms with Crippen molar-refractivity contribution < 1.29 is 9.59 Å². The van der Waals surface area contributed by atoms with Gasteiger partial charge in [0.15, 0.2) is 0 Å². The number of nitrogens with zero attached hydrogens (tertiary/aromatic N) is 2. The van der Waals surface area contributed by atoms with E-state index in [9.17, 15) is 14.4 Å². The Balaban J connectivity index is 1.24. The van der Waals surface area contributed by atoms with E-state index in [0.29, 0.717) is 16.8 Å².